The van der Waals surface area contributed by atoms with Gasteiger partial charge in [0.15, 0.2) is 0 Å². The first-order valence-corrected chi connectivity index (χ1v) is 11.7. The van der Waals surface area contributed by atoms with Gasteiger partial charge in [-0.1, -0.05) is 0 Å². The number of piperazine rings is 1. The second kappa shape index (κ2) is 8.62. The number of carbonyl (C=O) groups is 2. The van der Waals surface area contributed by atoms with Gasteiger partial charge in [-0.25, -0.2) is 14.6 Å². The first kappa shape index (κ1) is 23.5. The van der Waals surface area contributed by atoms with Gasteiger partial charge in [0.05, 0.1) is 5.54 Å². The first-order chi connectivity index (χ1) is 15.5. The summed E-state index contributed by atoms with van der Waals surface area (Å²) in [6.45, 7) is 10.2. The van der Waals surface area contributed by atoms with E-state index in [1.165, 1.54) is 0 Å². The molecule has 10 nitrogen and oxygen atoms in total. The van der Waals surface area contributed by atoms with Gasteiger partial charge in [0.1, 0.15) is 17.5 Å². The SMILES string of the molecule is C[C@H](Oc1cc(N2CCN(C(=O)OC(C)(C)C)C3(CC3)C2)nc(C(=O)O)n1)[C@@H]1CCCN1C. The summed E-state index contributed by atoms with van der Waals surface area (Å²) < 4.78 is 11.7. The fraction of sp³-hybridized carbons (Fsp3) is 0.739. The zero-order valence-corrected chi connectivity index (χ0v) is 20.2. The van der Waals surface area contributed by atoms with E-state index in [9.17, 15) is 14.7 Å². The molecule has 1 saturated carbocycles. The highest BCUT2D eigenvalue weighted by atomic mass is 16.6. The van der Waals surface area contributed by atoms with E-state index in [2.05, 4.69) is 21.9 Å². The number of nitrogens with zero attached hydrogens (tertiary/aromatic N) is 5. The monoisotopic (exact) mass is 461 g/mol. The third-order valence-corrected chi connectivity index (χ3v) is 6.72. The predicted molar refractivity (Wildman–Crippen MR) is 122 cm³/mol. The van der Waals surface area contributed by atoms with Crippen LogP contribution in [0.25, 0.3) is 0 Å². The van der Waals surface area contributed by atoms with Crippen LogP contribution in [0.4, 0.5) is 10.6 Å². The number of hydrogen-bond acceptors (Lipinski definition) is 8. The van der Waals surface area contributed by atoms with Crippen molar-refractivity contribution in [1.29, 1.82) is 0 Å². The van der Waals surface area contributed by atoms with Crippen molar-refractivity contribution in [2.24, 2.45) is 0 Å². The lowest BCUT2D eigenvalue weighted by atomic mass is 10.1. The molecule has 182 valence electrons. The molecule has 1 aliphatic carbocycles. The normalized spacial score (nSPS) is 23.5. The van der Waals surface area contributed by atoms with Crippen molar-refractivity contribution in [3.05, 3.63) is 11.9 Å². The van der Waals surface area contributed by atoms with Crippen molar-refractivity contribution in [2.45, 2.75) is 76.7 Å². The number of likely N-dealkylation sites (tertiary alicyclic amines) is 1. The van der Waals surface area contributed by atoms with Gasteiger partial charge in [-0.3, -0.25) is 9.80 Å². The number of anilines is 1. The van der Waals surface area contributed by atoms with Crippen molar-refractivity contribution in [3.8, 4) is 5.88 Å². The number of rotatable bonds is 5. The number of hydrogen-bond donors (Lipinski definition) is 1. The highest BCUT2D eigenvalue weighted by Crippen LogP contribution is 2.45. The van der Waals surface area contributed by atoms with E-state index in [-0.39, 0.29) is 35.5 Å². The quantitative estimate of drug-likeness (QED) is 0.708. The summed E-state index contributed by atoms with van der Waals surface area (Å²) >= 11 is 0. The van der Waals surface area contributed by atoms with Gasteiger partial charge < -0.3 is 19.5 Å². The maximum atomic E-state index is 12.7. The van der Waals surface area contributed by atoms with Crippen LogP contribution >= 0.6 is 0 Å². The third-order valence-electron chi connectivity index (χ3n) is 6.72. The minimum atomic E-state index is -1.19. The third kappa shape index (κ3) is 5.15. The van der Waals surface area contributed by atoms with Gasteiger partial charge in [-0.05, 0) is 67.0 Å². The Kier molecular flexibility index (Phi) is 6.15. The lowest BCUT2D eigenvalue weighted by Crippen LogP contribution is -2.58. The summed E-state index contributed by atoms with van der Waals surface area (Å²) in [7, 11) is 2.07. The summed E-state index contributed by atoms with van der Waals surface area (Å²) in [5.74, 6) is -0.695. The number of ether oxygens (including phenoxy) is 2. The Morgan fingerprint density at radius 3 is 2.52 bits per heavy atom. The number of likely N-dealkylation sites (N-methyl/N-ethyl adjacent to an activating group) is 1. The molecule has 2 atom stereocenters. The molecule has 1 aromatic rings. The molecule has 0 unspecified atom stereocenters. The van der Waals surface area contributed by atoms with Crippen molar-refractivity contribution >= 4 is 17.9 Å². The van der Waals surface area contributed by atoms with E-state index >= 15 is 0 Å². The molecular weight excluding hydrogens is 426 g/mol. The minimum absolute atomic E-state index is 0.124. The van der Waals surface area contributed by atoms with Gasteiger partial charge in [0.25, 0.3) is 0 Å². The van der Waals surface area contributed by atoms with E-state index in [0.717, 1.165) is 32.2 Å². The Balaban J connectivity index is 1.52. The van der Waals surface area contributed by atoms with Crippen LogP contribution in [0.2, 0.25) is 0 Å². The van der Waals surface area contributed by atoms with Crippen molar-refractivity contribution in [3.63, 3.8) is 0 Å². The summed E-state index contributed by atoms with van der Waals surface area (Å²) in [5.41, 5.74) is -0.848. The smallest absolute Gasteiger partial charge is 0.410 e. The molecule has 0 aromatic carbocycles. The van der Waals surface area contributed by atoms with Crippen LogP contribution in [0.5, 0.6) is 5.88 Å². The average molecular weight is 462 g/mol. The van der Waals surface area contributed by atoms with Crippen LogP contribution in [-0.2, 0) is 4.74 Å². The standard InChI is InChI=1S/C23H35N5O5/c1-15(16-7-6-10-26(16)5)32-18-13-17(24-19(25-18)20(29)30)27-11-12-28(23(14-27)8-9-23)21(31)33-22(2,3)4/h13,15-16H,6-12,14H2,1-5H3,(H,29,30)/t15-,16-/m0/s1. The van der Waals surface area contributed by atoms with E-state index in [1.54, 1.807) is 6.07 Å². The molecule has 1 amide bonds. The fourth-order valence-electron chi connectivity index (χ4n) is 4.88. The molecular formula is C23H35N5O5. The molecule has 3 heterocycles. The molecule has 0 bridgehead atoms. The zero-order valence-electron chi connectivity index (χ0n) is 20.2. The number of carboxylic acid groups (broad SMARTS) is 1. The Bertz CT molecular complexity index is 913. The van der Waals surface area contributed by atoms with Gasteiger partial charge in [-0.15, -0.1) is 0 Å². The second-order valence-electron chi connectivity index (χ2n) is 10.5. The summed E-state index contributed by atoms with van der Waals surface area (Å²) in [4.78, 5) is 39.0. The van der Waals surface area contributed by atoms with Gasteiger partial charge >= 0.3 is 12.1 Å². The van der Waals surface area contributed by atoms with Crippen LogP contribution in [0.15, 0.2) is 6.07 Å². The highest BCUT2D eigenvalue weighted by molar-refractivity contribution is 5.83. The van der Waals surface area contributed by atoms with Crippen LogP contribution in [0.1, 0.15) is 64.0 Å². The van der Waals surface area contributed by atoms with Crippen LogP contribution in [0, 0.1) is 0 Å². The van der Waals surface area contributed by atoms with E-state index in [4.69, 9.17) is 9.47 Å². The summed E-state index contributed by atoms with van der Waals surface area (Å²) in [6, 6.07) is 1.99. The fourth-order valence-corrected chi connectivity index (χ4v) is 4.88. The highest BCUT2D eigenvalue weighted by Gasteiger charge is 2.54. The largest absolute Gasteiger partial charge is 0.475 e. The lowest BCUT2D eigenvalue weighted by molar-refractivity contribution is 0.0106. The Morgan fingerprint density at radius 1 is 1.21 bits per heavy atom. The molecule has 2 aliphatic heterocycles. The molecule has 2 saturated heterocycles. The number of aromatic nitrogens is 2. The molecule has 1 N–H and O–H groups in total. The number of carboxylic acids is 1. The van der Waals surface area contributed by atoms with Crippen LogP contribution in [0.3, 0.4) is 0 Å². The Hall–Kier alpha value is -2.62. The number of aromatic carboxylic acids is 1. The number of carbonyl (C=O) groups excluding carboxylic acids is 1. The maximum absolute atomic E-state index is 12.7. The van der Waals surface area contributed by atoms with E-state index < -0.39 is 11.6 Å². The van der Waals surface area contributed by atoms with Gasteiger partial charge in [-0.2, -0.15) is 4.98 Å². The lowest BCUT2D eigenvalue weighted by Gasteiger charge is -2.42. The molecule has 4 rings (SSSR count). The molecule has 0 radical (unpaired) electrons. The first-order valence-electron chi connectivity index (χ1n) is 11.7. The predicted octanol–water partition coefficient (Wildman–Crippen LogP) is 2.63. The summed E-state index contributed by atoms with van der Waals surface area (Å²) in [5, 5.41) is 9.58. The van der Waals surface area contributed by atoms with Gasteiger partial charge in [0, 0.05) is 31.7 Å². The van der Waals surface area contributed by atoms with Crippen molar-refractivity contribution in [1.82, 2.24) is 19.8 Å². The molecule has 10 heteroatoms. The van der Waals surface area contributed by atoms with Crippen molar-refractivity contribution in [2.75, 3.05) is 38.1 Å². The minimum Gasteiger partial charge on any atom is -0.475 e. The van der Waals surface area contributed by atoms with E-state index in [0.29, 0.717) is 25.5 Å². The molecule has 33 heavy (non-hydrogen) atoms. The van der Waals surface area contributed by atoms with Crippen LogP contribution in [-0.4, -0.2) is 93.4 Å². The Labute approximate surface area is 194 Å². The Morgan fingerprint density at radius 2 is 1.94 bits per heavy atom. The topological polar surface area (TPSA) is 108 Å². The van der Waals surface area contributed by atoms with Crippen LogP contribution < -0.4 is 9.64 Å². The van der Waals surface area contributed by atoms with Gasteiger partial charge in [0.2, 0.25) is 11.7 Å². The van der Waals surface area contributed by atoms with E-state index in [1.807, 2.05) is 37.5 Å². The average Bonchev–Trinajstić information content (AvgIpc) is 3.33. The van der Waals surface area contributed by atoms with Crippen molar-refractivity contribution < 1.29 is 24.2 Å². The zero-order chi connectivity index (χ0) is 24.0. The molecule has 3 fully saturated rings. The molecule has 1 spiro atoms. The molecule has 3 aliphatic rings. The molecule has 1 aromatic heterocycles. The summed E-state index contributed by atoms with van der Waals surface area (Å²) in [6.07, 6.45) is 3.50. The second-order valence-corrected chi connectivity index (χ2v) is 10.5. The maximum Gasteiger partial charge on any atom is 0.410 e. The number of amides is 1.